The zero-order valence-electron chi connectivity index (χ0n) is 14.1. The third-order valence-corrected chi connectivity index (χ3v) is 6.29. The van der Waals surface area contributed by atoms with Gasteiger partial charge in [0.25, 0.3) is 10.0 Å². The summed E-state index contributed by atoms with van der Waals surface area (Å²) in [6.07, 6.45) is 4.34. The van der Waals surface area contributed by atoms with E-state index < -0.39 is 16.0 Å². The molecule has 0 radical (unpaired) electrons. The second-order valence-corrected chi connectivity index (χ2v) is 8.78. The predicted octanol–water partition coefficient (Wildman–Crippen LogP) is 4.55. The smallest absolute Gasteiger partial charge is 0.236 e. The maximum absolute atomic E-state index is 13.6. The van der Waals surface area contributed by atoms with Crippen LogP contribution >= 0.6 is 15.9 Å². The van der Waals surface area contributed by atoms with E-state index in [1.807, 2.05) is 6.92 Å². The summed E-state index contributed by atoms with van der Waals surface area (Å²) in [4.78, 5) is 8.00. The number of nitrogens with zero attached hydrogens (tertiary/aromatic N) is 3. The van der Waals surface area contributed by atoms with Gasteiger partial charge in [0, 0.05) is 40.1 Å². The summed E-state index contributed by atoms with van der Waals surface area (Å²) in [6.45, 7) is 1.89. The molecule has 0 fully saturated rings. The van der Waals surface area contributed by atoms with Crippen molar-refractivity contribution in [3.8, 4) is 11.1 Å². The van der Waals surface area contributed by atoms with Crippen molar-refractivity contribution in [1.82, 2.24) is 13.9 Å². The second-order valence-electron chi connectivity index (χ2n) is 6.05. The lowest BCUT2D eigenvalue weighted by atomic mass is 10.1. The molecule has 8 heteroatoms. The van der Waals surface area contributed by atoms with E-state index >= 15 is 0 Å². The van der Waals surface area contributed by atoms with E-state index in [0.717, 1.165) is 9.54 Å². The monoisotopic (exact) mass is 445 g/mol. The van der Waals surface area contributed by atoms with Crippen LogP contribution in [-0.4, -0.2) is 22.4 Å². The van der Waals surface area contributed by atoms with E-state index in [1.54, 1.807) is 36.4 Å². The molecule has 136 valence electrons. The van der Waals surface area contributed by atoms with Gasteiger partial charge in [0.05, 0.1) is 4.90 Å². The van der Waals surface area contributed by atoms with Gasteiger partial charge in [0.2, 0.25) is 5.95 Å². The minimum Gasteiger partial charge on any atom is -0.236 e. The zero-order chi connectivity index (χ0) is 19.2. The Hall–Kier alpha value is -2.58. The summed E-state index contributed by atoms with van der Waals surface area (Å²) in [7, 11) is -3.86. The molecule has 0 aliphatic carbocycles. The molecule has 3 aromatic heterocycles. The number of halogens is 2. The van der Waals surface area contributed by atoms with Crippen LogP contribution in [0.4, 0.5) is 4.39 Å². The lowest BCUT2D eigenvalue weighted by Crippen LogP contribution is -2.12. The molecule has 0 saturated carbocycles. The Morgan fingerprint density at radius 1 is 1.07 bits per heavy atom. The average Bonchev–Trinajstić information content (AvgIpc) is 3.01. The molecule has 5 nitrogen and oxygen atoms in total. The third-order valence-electron chi connectivity index (χ3n) is 4.19. The van der Waals surface area contributed by atoms with Gasteiger partial charge in [-0.1, -0.05) is 17.7 Å². The van der Waals surface area contributed by atoms with Gasteiger partial charge >= 0.3 is 0 Å². The molecule has 0 amide bonds. The fraction of sp³-hybridized carbons (Fsp3) is 0.0526. The van der Waals surface area contributed by atoms with E-state index in [9.17, 15) is 12.8 Å². The topological polar surface area (TPSA) is 64.8 Å². The van der Waals surface area contributed by atoms with Crippen molar-refractivity contribution < 1.29 is 12.8 Å². The predicted molar refractivity (Wildman–Crippen MR) is 104 cm³/mol. The summed E-state index contributed by atoms with van der Waals surface area (Å²) >= 11 is 3.36. The van der Waals surface area contributed by atoms with Gasteiger partial charge in [0.15, 0.2) is 5.65 Å². The van der Waals surface area contributed by atoms with Crippen LogP contribution in [0.25, 0.3) is 22.2 Å². The highest BCUT2D eigenvalue weighted by atomic mass is 79.9. The fourth-order valence-corrected chi connectivity index (χ4v) is 4.52. The van der Waals surface area contributed by atoms with Gasteiger partial charge in [0.1, 0.15) is 0 Å². The van der Waals surface area contributed by atoms with Crippen molar-refractivity contribution in [3.05, 3.63) is 77.0 Å². The molecule has 3 heterocycles. The van der Waals surface area contributed by atoms with Gasteiger partial charge in [-0.2, -0.15) is 4.39 Å². The molecule has 0 unspecified atom stereocenters. The number of aromatic nitrogens is 3. The summed E-state index contributed by atoms with van der Waals surface area (Å²) in [5, 5.41) is 0.589. The number of benzene rings is 1. The van der Waals surface area contributed by atoms with Crippen LogP contribution in [0.2, 0.25) is 0 Å². The zero-order valence-corrected chi connectivity index (χ0v) is 16.5. The number of fused-ring (bicyclic) bond motifs is 1. The van der Waals surface area contributed by atoms with Crippen molar-refractivity contribution in [2.75, 3.05) is 0 Å². The molecule has 4 rings (SSSR count). The first-order valence-corrected chi connectivity index (χ1v) is 10.2. The van der Waals surface area contributed by atoms with E-state index in [-0.39, 0.29) is 10.5 Å². The van der Waals surface area contributed by atoms with Crippen molar-refractivity contribution >= 4 is 37.0 Å². The van der Waals surface area contributed by atoms with Crippen LogP contribution in [0.3, 0.4) is 0 Å². The molecule has 0 N–H and O–H groups in total. The van der Waals surface area contributed by atoms with Crippen LogP contribution in [0.5, 0.6) is 0 Å². The second kappa shape index (κ2) is 6.54. The van der Waals surface area contributed by atoms with Crippen LogP contribution < -0.4 is 0 Å². The molecular formula is C19H13BrFN3O2S. The van der Waals surface area contributed by atoms with Crippen LogP contribution in [-0.2, 0) is 10.0 Å². The molecule has 0 saturated heterocycles. The van der Waals surface area contributed by atoms with Crippen molar-refractivity contribution in [3.63, 3.8) is 0 Å². The molecule has 27 heavy (non-hydrogen) atoms. The highest BCUT2D eigenvalue weighted by molar-refractivity contribution is 9.10. The third kappa shape index (κ3) is 3.15. The summed E-state index contributed by atoms with van der Waals surface area (Å²) < 4.78 is 41.8. The van der Waals surface area contributed by atoms with E-state index in [2.05, 4.69) is 25.9 Å². The number of aryl methyl sites for hydroxylation is 1. The minimum absolute atomic E-state index is 0.155. The van der Waals surface area contributed by atoms with E-state index in [0.29, 0.717) is 21.0 Å². The van der Waals surface area contributed by atoms with Gasteiger partial charge in [-0.25, -0.2) is 22.4 Å². The Balaban J connectivity index is 2.01. The Morgan fingerprint density at radius 2 is 1.81 bits per heavy atom. The van der Waals surface area contributed by atoms with E-state index in [1.165, 1.54) is 24.7 Å². The number of pyridine rings is 2. The molecule has 1 aromatic carbocycles. The number of hydrogen-bond donors (Lipinski definition) is 0. The van der Waals surface area contributed by atoms with Crippen LogP contribution in [0.1, 0.15) is 5.56 Å². The summed E-state index contributed by atoms with van der Waals surface area (Å²) in [5.41, 5.74) is 2.30. The maximum atomic E-state index is 13.6. The minimum atomic E-state index is -3.86. The maximum Gasteiger partial charge on any atom is 0.269 e. The fourth-order valence-electron chi connectivity index (χ4n) is 2.86. The van der Waals surface area contributed by atoms with Gasteiger partial charge < -0.3 is 0 Å². The van der Waals surface area contributed by atoms with Gasteiger partial charge in [-0.3, -0.25) is 0 Å². The molecule has 0 spiro atoms. The molecule has 0 aliphatic rings. The molecule has 4 aromatic rings. The first-order valence-electron chi connectivity index (χ1n) is 7.97. The van der Waals surface area contributed by atoms with Crippen LogP contribution in [0, 0.1) is 12.9 Å². The molecule has 0 bridgehead atoms. The Labute approximate surface area is 163 Å². The lowest BCUT2D eigenvalue weighted by molar-refractivity contribution is 0.584. The van der Waals surface area contributed by atoms with Crippen LogP contribution in [0.15, 0.2) is 70.4 Å². The summed E-state index contributed by atoms with van der Waals surface area (Å²) in [6, 6.07) is 11.2. The lowest BCUT2D eigenvalue weighted by Gasteiger charge is -2.07. The Morgan fingerprint density at radius 3 is 2.52 bits per heavy atom. The Kier molecular flexibility index (Phi) is 4.32. The van der Waals surface area contributed by atoms with Crippen molar-refractivity contribution in [2.45, 2.75) is 11.8 Å². The largest absolute Gasteiger partial charge is 0.269 e. The molecule has 0 aliphatic heterocycles. The molecule has 0 atom stereocenters. The number of rotatable bonds is 3. The van der Waals surface area contributed by atoms with Gasteiger partial charge in [-0.05, 0) is 52.7 Å². The first kappa shape index (κ1) is 17.8. The highest BCUT2D eigenvalue weighted by Gasteiger charge is 2.23. The quantitative estimate of drug-likeness (QED) is 0.434. The SMILES string of the molecule is Cc1ccc(S(=O)(=O)n2cc(-c3ccnc(F)c3)c3cc(Br)cnc32)cc1. The normalized spacial score (nSPS) is 11.8. The summed E-state index contributed by atoms with van der Waals surface area (Å²) in [5.74, 6) is -0.641. The van der Waals surface area contributed by atoms with Gasteiger partial charge in [-0.15, -0.1) is 0 Å². The average molecular weight is 446 g/mol. The van der Waals surface area contributed by atoms with Crippen molar-refractivity contribution in [1.29, 1.82) is 0 Å². The number of hydrogen-bond acceptors (Lipinski definition) is 4. The Bertz CT molecular complexity index is 1270. The van der Waals surface area contributed by atoms with Crippen molar-refractivity contribution in [2.24, 2.45) is 0 Å². The highest BCUT2D eigenvalue weighted by Crippen LogP contribution is 2.33. The molecular weight excluding hydrogens is 433 g/mol. The van der Waals surface area contributed by atoms with E-state index in [4.69, 9.17) is 0 Å². The standard InChI is InChI=1S/C19H13BrFN3O2S/c1-12-2-4-15(5-3-12)27(25,26)24-11-17(13-6-7-22-18(21)8-13)16-9-14(20)10-23-19(16)24/h2-11H,1H3. The first-order chi connectivity index (χ1) is 12.9.